The summed E-state index contributed by atoms with van der Waals surface area (Å²) < 4.78 is 0. The van der Waals surface area contributed by atoms with Gasteiger partial charge in [-0.05, 0) is 17.7 Å². The average molecular weight is 218 g/mol. The lowest BCUT2D eigenvalue weighted by atomic mass is 10.0. The number of hydrogen-bond donors (Lipinski definition) is 2. The van der Waals surface area contributed by atoms with Gasteiger partial charge in [0.1, 0.15) is 5.71 Å². The Morgan fingerprint density at radius 2 is 2.06 bits per heavy atom. The molecule has 0 spiro atoms. The van der Waals surface area contributed by atoms with Crippen LogP contribution in [0, 0.1) is 0 Å². The van der Waals surface area contributed by atoms with E-state index >= 15 is 0 Å². The van der Waals surface area contributed by atoms with Crippen molar-refractivity contribution < 1.29 is 14.7 Å². The molecule has 1 aliphatic heterocycles. The Balaban J connectivity index is 2.11. The molecule has 1 aromatic carbocycles. The van der Waals surface area contributed by atoms with Crippen LogP contribution in [0.3, 0.4) is 0 Å². The highest BCUT2D eigenvalue weighted by atomic mass is 16.4. The quantitative estimate of drug-likeness (QED) is 0.772. The number of carbonyl (C=O) groups excluding carboxylic acids is 1. The molecule has 2 rings (SSSR count). The Bertz CT molecular complexity index is 463. The lowest BCUT2D eigenvalue weighted by Gasteiger charge is -2.00. The lowest BCUT2D eigenvalue weighted by Crippen LogP contribution is -2.16. The standard InChI is InChI=1S/C11H10N2O3/c14-10-6-12-13-9(10)5-7-1-3-8(4-2-7)11(15)16/h1-4,12H,5-6H2,(H,15,16). The summed E-state index contributed by atoms with van der Waals surface area (Å²) >= 11 is 0. The van der Waals surface area contributed by atoms with Gasteiger partial charge in [-0.3, -0.25) is 4.79 Å². The van der Waals surface area contributed by atoms with E-state index in [2.05, 4.69) is 10.5 Å². The Kier molecular flexibility index (Phi) is 2.68. The molecule has 5 nitrogen and oxygen atoms in total. The van der Waals surface area contributed by atoms with Crippen molar-refractivity contribution in [2.24, 2.45) is 5.10 Å². The van der Waals surface area contributed by atoms with Gasteiger partial charge in [0.05, 0.1) is 12.1 Å². The molecule has 0 bridgehead atoms. The number of aromatic carboxylic acids is 1. The summed E-state index contributed by atoms with van der Waals surface area (Å²) in [7, 11) is 0. The van der Waals surface area contributed by atoms with Crippen LogP contribution in [0.5, 0.6) is 0 Å². The largest absolute Gasteiger partial charge is 0.478 e. The lowest BCUT2D eigenvalue weighted by molar-refractivity contribution is -0.111. The zero-order valence-electron chi connectivity index (χ0n) is 8.43. The van der Waals surface area contributed by atoms with Gasteiger partial charge in [0.15, 0.2) is 5.78 Å². The molecule has 0 aromatic heterocycles. The number of carbonyl (C=O) groups is 2. The van der Waals surface area contributed by atoms with Crippen molar-refractivity contribution in [3.8, 4) is 0 Å². The summed E-state index contributed by atoms with van der Waals surface area (Å²) in [6.07, 6.45) is 0.436. The molecule has 0 fully saturated rings. The van der Waals surface area contributed by atoms with Crippen LogP contribution in [-0.4, -0.2) is 29.1 Å². The number of rotatable bonds is 3. The third-order valence-corrected chi connectivity index (χ3v) is 2.35. The van der Waals surface area contributed by atoms with Crippen LogP contribution in [0.4, 0.5) is 0 Å². The Morgan fingerprint density at radius 3 is 2.56 bits per heavy atom. The minimum atomic E-state index is -0.956. The van der Waals surface area contributed by atoms with E-state index < -0.39 is 5.97 Å². The predicted octanol–water partition coefficient (Wildman–Crippen LogP) is 0.456. The number of hydrazone groups is 1. The fourth-order valence-electron chi connectivity index (χ4n) is 1.47. The molecule has 1 aliphatic rings. The minimum absolute atomic E-state index is 0.0117. The van der Waals surface area contributed by atoms with Crippen LogP contribution >= 0.6 is 0 Å². The molecule has 0 atom stereocenters. The number of carboxylic acids is 1. The van der Waals surface area contributed by atoms with E-state index in [0.29, 0.717) is 12.1 Å². The van der Waals surface area contributed by atoms with Crippen molar-refractivity contribution >= 4 is 17.5 Å². The zero-order valence-corrected chi connectivity index (χ0v) is 8.43. The first-order valence-corrected chi connectivity index (χ1v) is 4.81. The summed E-state index contributed by atoms with van der Waals surface area (Å²) in [5.41, 5.74) is 4.22. The van der Waals surface area contributed by atoms with E-state index in [-0.39, 0.29) is 17.9 Å². The smallest absolute Gasteiger partial charge is 0.335 e. The second-order valence-corrected chi connectivity index (χ2v) is 3.50. The Morgan fingerprint density at radius 1 is 1.38 bits per heavy atom. The van der Waals surface area contributed by atoms with Crippen LogP contribution in [0.1, 0.15) is 15.9 Å². The number of nitrogens with zero attached hydrogens (tertiary/aromatic N) is 1. The van der Waals surface area contributed by atoms with E-state index in [1.165, 1.54) is 12.1 Å². The minimum Gasteiger partial charge on any atom is -0.478 e. The molecular weight excluding hydrogens is 208 g/mol. The first-order chi connectivity index (χ1) is 7.66. The summed E-state index contributed by atoms with van der Waals surface area (Å²) in [5, 5.41) is 12.6. The van der Waals surface area contributed by atoms with Crippen molar-refractivity contribution in [1.29, 1.82) is 0 Å². The molecule has 0 aliphatic carbocycles. The summed E-state index contributed by atoms with van der Waals surface area (Å²) in [4.78, 5) is 21.9. The van der Waals surface area contributed by atoms with Gasteiger partial charge in [0, 0.05) is 6.42 Å². The van der Waals surface area contributed by atoms with Crippen molar-refractivity contribution in [2.75, 3.05) is 6.54 Å². The number of carboxylic acid groups (broad SMARTS) is 1. The first-order valence-electron chi connectivity index (χ1n) is 4.81. The van der Waals surface area contributed by atoms with Gasteiger partial charge < -0.3 is 10.5 Å². The Hall–Kier alpha value is -2.17. The summed E-state index contributed by atoms with van der Waals surface area (Å²) in [5.74, 6) is -0.968. The fraction of sp³-hybridized carbons (Fsp3) is 0.182. The maximum absolute atomic E-state index is 11.3. The first kappa shape index (κ1) is 10.4. The Labute approximate surface area is 91.8 Å². The normalized spacial score (nSPS) is 14.5. The molecule has 82 valence electrons. The fourth-order valence-corrected chi connectivity index (χ4v) is 1.47. The summed E-state index contributed by atoms with van der Waals surface area (Å²) in [6.45, 7) is 0.253. The molecule has 0 saturated heterocycles. The van der Waals surface area contributed by atoms with Gasteiger partial charge in [-0.2, -0.15) is 5.10 Å². The van der Waals surface area contributed by atoms with Gasteiger partial charge >= 0.3 is 5.97 Å². The third kappa shape index (κ3) is 2.08. The SMILES string of the molecule is O=C1CNN=C1Cc1ccc(C(=O)O)cc1. The van der Waals surface area contributed by atoms with Crippen LogP contribution < -0.4 is 5.43 Å². The van der Waals surface area contributed by atoms with E-state index in [4.69, 9.17) is 5.11 Å². The highest BCUT2D eigenvalue weighted by molar-refractivity contribution is 6.42. The monoisotopic (exact) mass is 218 g/mol. The van der Waals surface area contributed by atoms with Crippen molar-refractivity contribution in [3.63, 3.8) is 0 Å². The number of ketones is 1. The molecule has 0 amide bonds. The number of Topliss-reactive ketones (excluding diaryl/α,β-unsaturated/α-hetero) is 1. The van der Waals surface area contributed by atoms with Crippen LogP contribution in [-0.2, 0) is 11.2 Å². The van der Waals surface area contributed by atoms with Gasteiger partial charge in [-0.15, -0.1) is 0 Å². The van der Waals surface area contributed by atoms with Crippen LogP contribution in [0.15, 0.2) is 29.4 Å². The van der Waals surface area contributed by atoms with Crippen molar-refractivity contribution in [1.82, 2.24) is 5.43 Å². The zero-order chi connectivity index (χ0) is 11.5. The van der Waals surface area contributed by atoms with E-state index in [1.807, 2.05) is 0 Å². The van der Waals surface area contributed by atoms with E-state index in [1.54, 1.807) is 12.1 Å². The maximum atomic E-state index is 11.3. The highest BCUT2D eigenvalue weighted by Crippen LogP contribution is 2.07. The molecule has 0 radical (unpaired) electrons. The molecular formula is C11H10N2O3. The molecule has 5 heteroatoms. The van der Waals surface area contributed by atoms with Gasteiger partial charge in [-0.1, -0.05) is 12.1 Å². The van der Waals surface area contributed by atoms with Gasteiger partial charge in [0.25, 0.3) is 0 Å². The van der Waals surface area contributed by atoms with Crippen molar-refractivity contribution in [2.45, 2.75) is 6.42 Å². The average Bonchev–Trinajstić information content (AvgIpc) is 2.65. The topological polar surface area (TPSA) is 78.8 Å². The van der Waals surface area contributed by atoms with Crippen LogP contribution in [0.2, 0.25) is 0 Å². The predicted molar refractivity (Wildman–Crippen MR) is 57.6 cm³/mol. The third-order valence-electron chi connectivity index (χ3n) is 2.35. The molecule has 1 heterocycles. The molecule has 1 aromatic rings. The molecule has 2 N–H and O–H groups in total. The highest BCUT2D eigenvalue weighted by Gasteiger charge is 2.17. The van der Waals surface area contributed by atoms with E-state index in [9.17, 15) is 9.59 Å². The molecule has 0 saturated carbocycles. The summed E-state index contributed by atoms with van der Waals surface area (Å²) in [6, 6.07) is 6.42. The van der Waals surface area contributed by atoms with Gasteiger partial charge in [-0.25, -0.2) is 4.79 Å². The molecule has 0 unspecified atom stereocenters. The van der Waals surface area contributed by atoms with Crippen LogP contribution in [0.25, 0.3) is 0 Å². The second kappa shape index (κ2) is 4.14. The molecule has 16 heavy (non-hydrogen) atoms. The second-order valence-electron chi connectivity index (χ2n) is 3.50. The number of benzene rings is 1. The number of nitrogens with one attached hydrogen (secondary N) is 1. The van der Waals surface area contributed by atoms with Gasteiger partial charge in [0.2, 0.25) is 0 Å². The maximum Gasteiger partial charge on any atom is 0.335 e. The van der Waals surface area contributed by atoms with E-state index in [0.717, 1.165) is 5.56 Å². The van der Waals surface area contributed by atoms with Crippen molar-refractivity contribution in [3.05, 3.63) is 35.4 Å². The number of hydrogen-bond acceptors (Lipinski definition) is 4.